The van der Waals surface area contributed by atoms with Crippen LogP contribution in [0.5, 0.6) is 0 Å². The number of carbonyl (C=O) groups excluding carboxylic acids is 1. The number of aromatic nitrogens is 2. The standard InChI is InChI=1S/C20H21N3OS/c1-13-7-9-17(14(2)12-13)23-20(24)19-15(3)22-18(25-19)10-8-16-6-4-5-11-21-16/h4-7,9,11-12H,8,10H2,1-3H3,(H,23,24). The van der Waals surface area contributed by atoms with Crippen molar-refractivity contribution in [1.82, 2.24) is 9.97 Å². The molecule has 5 heteroatoms. The van der Waals surface area contributed by atoms with Crippen molar-refractivity contribution in [3.63, 3.8) is 0 Å². The van der Waals surface area contributed by atoms with Crippen molar-refractivity contribution in [1.29, 1.82) is 0 Å². The first-order valence-corrected chi connectivity index (χ1v) is 9.09. The van der Waals surface area contributed by atoms with Crippen LogP contribution in [-0.2, 0) is 12.8 Å². The minimum atomic E-state index is -0.0916. The highest BCUT2D eigenvalue weighted by molar-refractivity contribution is 7.13. The maximum atomic E-state index is 12.6. The Labute approximate surface area is 152 Å². The molecule has 0 fully saturated rings. The van der Waals surface area contributed by atoms with Gasteiger partial charge >= 0.3 is 0 Å². The molecule has 0 saturated heterocycles. The van der Waals surface area contributed by atoms with E-state index in [1.54, 1.807) is 6.20 Å². The van der Waals surface area contributed by atoms with Gasteiger partial charge in [0.05, 0.1) is 10.7 Å². The molecule has 0 aliphatic heterocycles. The summed E-state index contributed by atoms with van der Waals surface area (Å²) >= 11 is 1.46. The SMILES string of the molecule is Cc1ccc(NC(=O)c2sc(CCc3ccccn3)nc2C)c(C)c1. The summed E-state index contributed by atoms with van der Waals surface area (Å²) in [4.78, 5) is 22.2. The molecule has 0 saturated carbocycles. The molecule has 0 aliphatic rings. The number of anilines is 1. The third-order valence-corrected chi connectivity index (χ3v) is 5.21. The summed E-state index contributed by atoms with van der Waals surface area (Å²) in [6.07, 6.45) is 3.41. The highest BCUT2D eigenvalue weighted by Crippen LogP contribution is 2.23. The lowest BCUT2D eigenvalue weighted by atomic mass is 10.1. The number of nitrogens with zero attached hydrogens (tertiary/aromatic N) is 2. The minimum absolute atomic E-state index is 0.0916. The van der Waals surface area contributed by atoms with Crippen molar-refractivity contribution < 1.29 is 4.79 Å². The molecule has 1 amide bonds. The van der Waals surface area contributed by atoms with E-state index < -0.39 is 0 Å². The second-order valence-corrected chi connectivity index (χ2v) is 7.20. The third-order valence-electron chi connectivity index (χ3n) is 4.00. The van der Waals surface area contributed by atoms with Crippen molar-refractivity contribution in [2.75, 3.05) is 5.32 Å². The van der Waals surface area contributed by atoms with Crippen LogP contribution in [0.4, 0.5) is 5.69 Å². The molecule has 128 valence electrons. The van der Waals surface area contributed by atoms with E-state index in [1.165, 1.54) is 16.9 Å². The van der Waals surface area contributed by atoms with Gasteiger partial charge < -0.3 is 5.32 Å². The van der Waals surface area contributed by atoms with Gasteiger partial charge in [-0.3, -0.25) is 9.78 Å². The van der Waals surface area contributed by atoms with Crippen molar-refractivity contribution in [3.8, 4) is 0 Å². The summed E-state index contributed by atoms with van der Waals surface area (Å²) in [6.45, 7) is 5.93. The van der Waals surface area contributed by atoms with Gasteiger partial charge in [0.2, 0.25) is 0 Å². The number of benzene rings is 1. The van der Waals surface area contributed by atoms with Gasteiger partial charge in [-0.25, -0.2) is 4.98 Å². The van der Waals surface area contributed by atoms with E-state index in [-0.39, 0.29) is 5.91 Å². The van der Waals surface area contributed by atoms with Crippen LogP contribution in [0, 0.1) is 20.8 Å². The predicted molar refractivity (Wildman–Crippen MR) is 102 cm³/mol. The number of nitrogens with one attached hydrogen (secondary N) is 1. The fraction of sp³-hybridized carbons (Fsp3) is 0.250. The average molecular weight is 351 g/mol. The second-order valence-electron chi connectivity index (χ2n) is 6.12. The molecule has 0 spiro atoms. The van der Waals surface area contributed by atoms with Gasteiger partial charge in [-0.15, -0.1) is 11.3 Å². The summed E-state index contributed by atoms with van der Waals surface area (Å²) < 4.78 is 0. The van der Waals surface area contributed by atoms with E-state index in [9.17, 15) is 4.79 Å². The highest BCUT2D eigenvalue weighted by Gasteiger charge is 2.16. The molecule has 0 atom stereocenters. The molecular formula is C20H21N3OS. The molecular weight excluding hydrogens is 330 g/mol. The van der Waals surface area contributed by atoms with Gasteiger partial charge in [-0.2, -0.15) is 0 Å². The van der Waals surface area contributed by atoms with E-state index in [0.29, 0.717) is 4.88 Å². The molecule has 0 unspecified atom stereocenters. The van der Waals surface area contributed by atoms with Crippen LogP contribution in [0.3, 0.4) is 0 Å². The summed E-state index contributed by atoms with van der Waals surface area (Å²) in [5, 5.41) is 3.97. The monoisotopic (exact) mass is 351 g/mol. The Morgan fingerprint density at radius 1 is 1.12 bits per heavy atom. The van der Waals surface area contributed by atoms with Gasteiger partial charge in [0, 0.05) is 24.0 Å². The van der Waals surface area contributed by atoms with E-state index in [2.05, 4.69) is 21.4 Å². The van der Waals surface area contributed by atoms with Crippen molar-refractivity contribution >= 4 is 22.9 Å². The van der Waals surface area contributed by atoms with Gasteiger partial charge in [0.25, 0.3) is 5.91 Å². The largest absolute Gasteiger partial charge is 0.321 e. The predicted octanol–water partition coefficient (Wildman–Crippen LogP) is 4.50. The molecule has 0 aliphatic carbocycles. The molecule has 3 rings (SSSR count). The Kier molecular flexibility index (Phi) is 5.24. The lowest BCUT2D eigenvalue weighted by molar-refractivity contribution is 0.102. The highest BCUT2D eigenvalue weighted by atomic mass is 32.1. The van der Waals surface area contributed by atoms with Crippen molar-refractivity contribution in [2.45, 2.75) is 33.6 Å². The Balaban J connectivity index is 1.70. The Morgan fingerprint density at radius 3 is 2.68 bits per heavy atom. The minimum Gasteiger partial charge on any atom is -0.321 e. The molecule has 0 bridgehead atoms. The lowest BCUT2D eigenvalue weighted by Gasteiger charge is -2.08. The van der Waals surface area contributed by atoms with Crippen molar-refractivity contribution in [2.24, 2.45) is 0 Å². The van der Waals surface area contributed by atoms with E-state index in [0.717, 1.165) is 40.5 Å². The first-order valence-electron chi connectivity index (χ1n) is 8.28. The second kappa shape index (κ2) is 7.57. The topological polar surface area (TPSA) is 54.9 Å². The van der Waals surface area contributed by atoms with Gasteiger partial charge in [0.15, 0.2) is 0 Å². The van der Waals surface area contributed by atoms with Gasteiger partial charge in [-0.05, 0) is 51.0 Å². The van der Waals surface area contributed by atoms with Crippen molar-refractivity contribution in [3.05, 3.63) is 75.0 Å². The average Bonchev–Trinajstić information content (AvgIpc) is 2.97. The normalized spacial score (nSPS) is 10.7. The quantitative estimate of drug-likeness (QED) is 0.736. The summed E-state index contributed by atoms with van der Waals surface area (Å²) in [5.74, 6) is -0.0916. The number of hydrogen-bond donors (Lipinski definition) is 1. The molecule has 3 aromatic rings. The summed E-state index contributed by atoms with van der Waals surface area (Å²) in [5.41, 5.74) is 4.91. The Hall–Kier alpha value is -2.53. The zero-order chi connectivity index (χ0) is 17.8. The van der Waals surface area contributed by atoms with Gasteiger partial charge in [-0.1, -0.05) is 23.8 Å². The Morgan fingerprint density at radius 2 is 1.96 bits per heavy atom. The zero-order valence-corrected chi connectivity index (χ0v) is 15.5. The summed E-state index contributed by atoms with van der Waals surface area (Å²) in [6, 6.07) is 11.9. The molecule has 1 N–H and O–H groups in total. The fourth-order valence-corrected chi connectivity index (χ4v) is 3.64. The first kappa shape index (κ1) is 17.3. The van der Waals surface area contributed by atoms with Crippen LogP contribution in [0.15, 0.2) is 42.6 Å². The third kappa shape index (κ3) is 4.31. The first-order chi connectivity index (χ1) is 12.0. The maximum Gasteiger partial charge on any atom is 0.267 e. The molecule has 2 heterocycles. The van der Waals surface area contributed by atoms with Crippen LogP contribution >= 0.6 is 11.3 Å². The van der Waals surface area contributed by atoms with Crippen LogP contribution in [-0.4, -0.2) is 15.9 Å². The number of thiazole rings is 1. The molecule has 0 radical (unpaired) electrons. The number of aryl methyl sites for hydroxylation is 5. The molecule has 2 aromatic heterocycles. The number of pyridine rings is 1. The van der Waals surface area contributed by atoms with Crippen LogP contribution in [0.25, 0.3) is 0 Å². The molecule has 1 aromatic carbocycles. The smallest absolute Gasteiger partial charge is 0.267 e. The summed E-state index contributed by atoms with van der Waals surface area (Å²) in [7, 11) is 0. The van der Waals surface area contributed by atoms with Crippen LogP contribution in [0.1, 0.15) is 37.2 Å². The number of carbonyl (C=O) groups is 1. The number of hydrogen-bond acceptors (Lipinski definition) is 4. The van der Waals surface area contributed by atoms with Crippen LogP contribution < -0.4 is 5.32 Å². The lowest BCUT2D eigenvalue weighted by Crippen LogP contribution is -2.12. The fourth-order valence-electron chi connectivity index (χ4n) is 2.68. The Bertz CT molecular complexity index is 887. The zero-order valence-electron chi connectivity index (χ0n) is 14.7. The number of amides is 1. The van der Waals surface area contributed by atoms with E-state index >= 15 is 0 Å². The maximum absolute atomic E-state index is 12.6. The van der Waals surface area contributed by atoms with E-state index in [4.69, 9.17) is 0 Å². The molecule has 4 nitrogen and oxygen atoms in total. The van der Waals surface area contributed by atoms with E-state index in [1.807, 2.05) is 51.1 Å². The van der Waals surface area contributed by atoms with Gasteiger partial charge in [0.1, 0.15) is 4.88 Å². The number of rotatable bonds is 5. The molecule has 25 heavy (non-hydrogen) atoms. The van der Waals surface area contributed by atoms with Crippen LogP contribution in [0.2, 0.25) is 0 Å².